The maximum Gasteiger partial charge on any atom is 0.471 e. The minimum atomic E-state index is -4.87. The van der Waals surface area contributed by atoms with Crippen molar-refractivity contribution in [1.82, 2.24) is 9.80 Å². The molecule has 0 radical (unpaired) electrons. The number of phosphoric acid groups is 1. The number of ether oxygens (including phenoxy) is 1. The van der Waals surface area contributed by atoms with E-state index < -0.39 is 45.4 Å². The van der Waals surface area contributed by atoms with Gasteiger partial charge in [-0.3, -0.25) is 14.2 Å². The summed E-state index contributed by atoms with van der Waals surface area (Å²) in [6, 6.07) is -0.885. The lowest BCUT2D eigenvalue weighted by Gasteiger charge is -2.38. The molecule has 0 spiro atoms. The number of carbonyl (C=O) groups is 2. The van der Waals surface area contributed by atoms with Crippen molar-refractivity contribution in [2.24, 2.45) is 0 Å². The summed E-state index contributed by atoms with van der Waals surface area (Å²) in [7, 11) is -4.87. The zero-order valence-corrected chi connectivity index (χ0v) is 11.2. The predicted molar refractivity (Wildman–Crippen MR) is 60.8 cm³/mol. The average Bonchev–Trinajstić information content (AvgIpc) is 2.86. The Morgan fingerprint density at radius 1 is 1.45 bits per heavy atom. The molecule has 0 bridgehead atoms. The Morgan fingerprint density at radius 3 is 2.70 bits per heavy atom. The van der Waals surface area contributed by atoms with E-state index in [1.165, 1.54) is 0 Å². The topological polar surface area (TPSA) is 117 Å². The summed E-state index contributed by atoms with van der Waals surface area (Å²) in [5.41, 5.74) is 0. The Hall–Kier alpha value is -1.06. The first kappa shape index (κ1) is 15.3. The van der Waals surface area contributed by atoms with Crippen molar-refractivity contribution in [3.63, 3.8) is 0 Å². The van der Waals surface area contributed by atoms with Crippen molar-refractivity contribution in [1.29, 1.82) is 0 Å². The highest BCUT2D eigenvalue weighted by Gasteiger charge is 2.43. The second-order valence-electron chi connectivity index (χ2n) is 4.39. The Balaban J connectivity index is 2.09. The fraction of sp³-hybridized carbons (Fsp3) is 0.778. The van der Waals surface area contributed by atoms with Crippen LogP contribution in [0.5, 0.6) is 0 Å². The molecule has 2 fully saturated rings. The van der Waals surface area contributed by atoms with Gasteiger partial charge in [0.15, 0.2) is 6.17 Å². The van der Waals surface area contributed by atoms with Crippen LogP contribution < -0.4 is 0 Å². The lowest BCUT2D eigenvalue weighted by atomic mass is 10.2. The fourth-order valence-electron chi connectivity index (χ4n) is 2.05. The summed E-state index contributed by atoms with van der Waals surface area (Å²) in [5, 5.41) is 0. The van der Waals surface area contributed by atoms with Gasteiger partial charge in [-0.05, 0) is 12.8 Å². The van der Waals surface area contributed by atoms with Crippen molar-refractivity contribution in [3.05, 3.63) is 0 Å². The van der Waals surface area contributed by atoms with Crippen molar-refractivity contribution < 1.29 is 37.6 Å². The Labute approximate surface area is 113 Å². The van der Waals surface area contributed by atoms with E-state index in [1.54, 1.807) is 0 Å². The van der Waals surface area contributed by atoms with Crippen molar-refractivity contribution in [3.8, 4) is 0 Å². The van der Waals surface area contributed by atoms with E-state index in [2.05, 4.69) is 4.52 Å². The van der Waals surface area contributed by atoms with Gasteiger partial charge < -0.3 is 14.5 Å². The number of rotatable bonds is 4. The van der Waals surface area contributed by atoms with Gasteiger partial charge in [-0.15, -0.1) is 0 Å². The zero-order valence-electron chi connectivity index (χ0n) is 10.3. The van der Waals surface area contributed by atoms with E-state index in [9.17, 15) is 18.5 Å². The molecule has 2 saturated heterocycles. The second kappa shape index (κ2) is 5.74. The number of alkyl halides is 1. The molecule has 114 valence electrons. The Morgan fingerprint density at radius 2 is 2.15 bits per heavy atom. The number of imide groups is 1. The van der Waals surface area contributed by atoms with Crippen LogP contribution in [-0.4, -0.2) is 63.8 Å². The molecule has 2 heterocycles. The normalized spacial score (nSPS) is 28.4. The van der Waals surface area contributed by atoms with Gasteiger partial charge in [0.1, 0.15) is 13.0 Å². The van der Waals surface area contributed by atoms with Gasteiger partial charge in [0.25, 0.3) is 5.91 Å². The van der Waals surface area contributed by atoms with Gasteiger partial charge >= 0.3 is 13.9 Å². The third kappa shape index (κ3) is 3.33. The number of hydrogen-bond acceptors (Lipinski definition) is 5. The third-order valence-corrected chi connectivity index (χ3v) is 3.43. The molecule has 9 nitrogen and oxygen atoms in total. The van der Waals surface area contributed by atoms with E-state index in [4.69, 9.17) is 14.5 Å². The maximum atomic E-state index is 13.6. The Kier molecular flexibility index (Phi) is 4.40. The summed E-state index contributed by atoms with van der Waals surface area (Å²) in [6.45, 7) is -1.02. The van der Waals surface area contributed by atoms with Crippen molar-refractivity contribution >= 4 is 19.8 Å². The molecule has 2 atom stereocenters. The minimum Gasteiger partial charge on any atom is -0.358 e. The molecule has 3 amide bonds. The molecular formula is C9H14FN2O7P. The van der Waals surface area contributed by atoms with Crippen LogP contribution in [0, 0.1) is 0 Å². The van der Waals surface area contributed by atoms with Gasteiger partial charge in [-0.2, -0.15) is 0 Å². The maximum absolute atomic E-state index is 13.6. The molecule has 0 aromatic rings. The van der Waals surface area contributed by atoms with Gasteiger partial charge in [-0.25, -0.2) is 18.6 Å². The number of hydrogen-bond donors (Lipinski definition) is 2. The summed E-state index contributed by atoms with van der Waals surface area (Å²) >= 11 is 0. The van der Waals surface area contributed by atoms with Gasteiger partial charge in [0, 0.05) is 6.61 Å². The molecule has 2 aliphatic heterocycles. The SMILES string of the molecule is O=C1C(F)CN(C2CCCO2)C(=O)N1COP(=O)(O)O. The quantitative estimate of drug-likeness (QED) is 0.690. The third-order valence-electron chi connectivity index (χ3n) is 2.98. The van der Waals surface area contributed by atoms with E-state index in [-0.39, 0.29) is 0 Å². The van der Waals surface area contributed by atoms with E-state index in [0.29, 0.717) is 24.3 Å². The molecule has 11 heteroatoms. The summed E-state index contributed by atoms with van der Waals surface area (Å²) in [4.78, 5) is 42.1. The molecule has 0 aliphatic carbocycles. The first-order valence-corrected chi connectivity index (χ1v) is 7.40. The number of halogens is 1. The second-order valence-corrected chi connectivity index (χ2v) is 5.62. The number of nitrogens with zero attached hydrogens (tertiary/aromatic N) is 2. The molecule has 2 rings (SSSR count). The standard InChI is InChI=1S/C9H14FN2O7P/c10-6-4-11(7-2-1-3-18-7)9(14)12(8(6)13)5-19-20(15,16)17/h6-7H,1-5H2,(H2,15,16,17). The van der Waals surface area contributed by atoms with Crippen molar-refractivity contribution in [2.75, 3.05) is 19.9 Å². The van der Waals surface area contributed by atoms with Gasteiger partial charge in [0.05, 0.1) is 6.54 Å². The smallest absolute Gasteiger partial charge is 0.358 e. The van der Waals surface area contributed by atoms with E-state index in [0.717, 1.165) is 4.90 Å². The van der Waals surface area contributed by atoms with Crippen molar-refractivity contribution in [2.45, 2.75) is 25.2 Å². The average molecular weight is 312 g/mol. The molecule has 2 unspecified atom stereocenters. The number of carbonyl (C=O) groups excluding carboxylic acids is 2. The largest absolute Gasteiger partial charge is 0.471 e. The van der Waals surface area contributed by atoms with Crippen LogP contribution in [0.25, 0.3) is 0 Å². The van der Waals surface area contributed by atoms with Crippen LogP contribution in [0.4, 0.5) is 9.18 Å². The molecule has 0 saturated carbocycles. The van der Waals surface area contributed by atoms with E-state index >= 15 is 0 Å². The Bertz CT molecular complexity index is 450. The van der Waals surface area contributed by atoms with Gasteiger partial charge in [-0.1, -0.05) is 0 Å². The fourth-order valence-corrected chi connectivity index (χ4v) is 2.31. The lowest BCUT2D eigenvalue weighted by Crippen LogP contribution is -2.60. The zero-order chi connectivity index (χ0) is 14.9. The summed E-state index contributed by atoms with van der Waals surface area (Å²) < 4.78 is 33.6. The number of urea groups is 1. The van der Waals surface area contributed by atoms with Crippen LogP contribution in [0.1, 0.15) is 12.8 Å². The highest BCUT2D eigenvalue weighted by molar-refractivity contribution is 7.46. The minimum absolute atomic E-state index is 0.328. The van der Waals surface area contributed by atoms with Crippen LogP contribution in [0.15, 0.2) is 0 Å². The van der Waals surface area contributed by atoms with E-state index in [1.807, 2.05) is 0 Å². The summed E-state index contributed by atoms with van der Waals surface area (Å²) in [5.74, 6) is -1.18. The summed E-state index contributed by atoms with van der Waals surface area (Å²) in [6.07, 6.45) is -1.39. The molecular weight excluding hydrogens is 298 g/mol. The van der Waals surface area contributed by atoms with Crippen LogP contribution >= 0.6 is 7.82 Å². The molecule has 0 aromatic carbocycles. The van der Waals surface area contributed by atoms with Gasteiger partial charge in [0.2, 0.25) is 0 Å². The monoisotopic (exact) mass is 312 g/mol. The van der Waals surface area contributed by atoms with Crippen LogP contribution in [0.3, 0.4) is 0 Å². The molecule has 2 N–H and O–H groups in total. The molecule has 0 aromatic heterocycles. The molecule has 20 heavy (non-hydrogen) atoms. The van der Waals surface area contributed by atoms with Crippen LogP contribution in [-0.2, 0) is 18.6 Å². The molecule has 2 aliphatic rings. The predicted octanol–water partition coefficient (Wildman–Crippen LogP) is -0.208. The number of phosphoric ester groups is 1. The first-order chi connectivity index (χ1) is 9.29. The highest BCUT2D eigenvalue weighted by Crippen LogP contribution is 2.36. The number of amides is 3. The highest BCUT2D eigenvalue weighted by atomic mass is 31.2. The lowest BCUT2D eigenvalue weighted by molar-refractivity contribution is -0.143. The van der Waals surface area contributed by atoms with Crippen LogP contribution in [0.2, 0.25) is 0 Å². The first-order valence-electron chi connectivity index (χ1n) is 5.87.